The monoisotopic (exact) mass is 270 g/mol. The van der Waals surface area contributed by atoms with Crippen LogP contribution >= 0.6 is 0 Å². The fraction of sp³-hybridized carbons (Fsp3) is 0.611. The summed E-state index contributed by atoms with van der Waals surface area (Å²) in [4.78, 5) is 0. The maximum Gasteiger partial charge on any atom is 0.0655 e. The number of rotatable bonds is 4. The number of anilines is 1. The van der Waals surface area contributed by atoms with E-state index in [4.69, 9.17) is 11.0 Å². The molecule has 1 aromatic carbocycles. The minimum atomic E-state index is 0.276. The Morgan fingerprint density at radius 3 is 2.60 bits per heavy atom. The summed E-state index contributed by atoms with van der Waals surface area (Å²) < 4.78 is 0. The van der Waals surface area contributed by atoms with Crippen molar-refractivity contribution in [2.24, 2.45) is 11.8 Å². The average molecular weight is 270 g/mol. The summed E-state index contributed by atoms with van der Waals surface area (Å²) >= 11 is 0. The lowest BCUT2D eigenvalue weighted by Gasteiger charge is -2.27. The molecule has 1 saturated carbocycles. The fourth-order valence-corrected chi connectivity index (χ4v) is 3.25. The van der Waals surface area contributed by atoms with E-state index in [0.29, 0.717) is 11.8 Å². The van der Waals surface area contributed by atoms with E-state index in [1.165, 1.54) is 17.5 Å². The third kappa shape index (κ3) is 3.54. The Morgan fingerprint density at radius 2 is 2.00 bits per heavy atom. The number of benzene rings is 1. The Bertz CT molecular complexity index is 479. The summed E-state index contributed by atoms with van der Waals surface area (Å²) in [6.07, 6.45) is 6.72. The molecule has 1 aliphatic carbocycles. The molecule has 0 radical (unpaired) electrons. The zero-order valence-electron chi connectivity index (χ0n) is 12.7. The topological polar surface area (TPSA) is 49.8 Å². The van der Waals surface area contributed by atoms with E-state index >= 15 is 0 Å². The van der Waals surface area contributed by atoms with Crippen LogP contribution in [-0.4, -0.2) is 0 Å². The van der Waals surface area contributed by atoms with Crippen LogP contribution < -0.4 is 5.73 Å². The molecule has 0 aliphatic heterocycles. The van der Waals surface area contributed by atoms with Crippen LogP contribution in [0.25, 0.3) is 0 Å². The summed E-state index contributed by atoms with van der Waals surface area (Å²) in [7, 11) is 0. The van der Waals surface area contributed by atoms with Gasteiger partial charge in [-0.05, 0) is 67.2 Å². The lowest BCUT2D eigenvalue weighted by Crippen LogP contribution is -2.14. The minimum Gasteiger partial charge on any atom is -0.399 e. The van der Waals surface area contributed by atoms with Crippen molar-refractivity contribution < 1.29 is 0 Å². The van der Waals surface area contributed by atoms with Gasteiger partial charge in [-0.3, -0.25) is 0 Å². The Balaban J connectivity index is 2.16. The second-order valence-electron chi connectivity index (χ2n) is 6.35. The van der Waals surface area contributed by atoms with Crippen molar-refractivity contribution in [3.63, 3.8) is 0 Å². The van der Waals surface area contributed by atoms with Crippen molar-refractivity contribution >= 4 is 5.69 Å². The molecule has 20 heavy (non-hydrogen) atoms. The molecule has 1 fully saturated rings. The predicted octanol–water partition coefficient (Wildman–Crippen LogP) is 4.65. The Labute approximate surface area is 123 Å². The quantitative estimate of drug-likeness (QED) is 0.809. The SMILES string of the molecule is CCC(C)Cc1cc(N)ccc1C1CCC(C#N)CC1. The summed E-state index contributed by atoms with van der Waals surface area (Å²) in [6.45, 7) is 4.55. The molecule has 0 amide bonds. The molecule has 0 spiro atoms. The van der Waals surface area contributed by atoms with Crippen molar-refractivity contribution in [1.29, 1.82) is 5.26 Å². The molecule has 1 aliphatic rings. The summed E-state index contributed by atoms with van der Waals surface area (Å²) in [5, 5.41) is 9.02. The molecule has 2 nitrogen and oxygen atoms in total. The Kier molecular flexibility index (Phi) is 5.06. The lowest BCUT2D eigenvalue weighted by molar-refractivity contribution is 0.380. The van der Waals surface area contributed by atoms with Crippen LogP contribution in [0.5, 0.6) is 0 Å². The molecule has 2 heteroatoms. The maximum atomic E-state index is 9.02. The largest absolute Gasteiger partial charge is 0.399 e. The smallest absolute Gasteiger partial charge is 0.0655 e. The zero-order valence-corrected chi connectivity index (χ0v) is 12.7. The number of hydrogen-bond donors (Lipinski definition) is 1. The molecule has 0 saturated heterocycles. The van der Waals surface area contributed by atoms with E-state index < -0.39 is 0 Å². The van der Waals surface area contributed by atoms with Gasteiger partial charge in [0.25, 0.3) is 0 Å². The second kappa shape index (κ2) is 6.79. The first kappa shape index (κ1) is 14.9. The van der Waals surface area contributed by atoms with Gasteiger partial charge in [0.1, 0.15) is 0 Å². The van der Waals surface area contributed by atoms with Crippen molar-refractivity contribution in [3.05, 3.63) is 29.3 Å². The fourth-order valence-electron chi connectivity index (χ4n) is 3.25. The zero-order chi connectivity index (χ0) is 14.5. The summed E-state index contributed by atoms with van der Waals surface area (Å²) in [6, 6.07) is 8.85. The van der Waals surface area contributed by atoms with Crippen molar-refractivity contribution in [1.82, 2.24) is 0 Å². The first-order valence-corrected chi connectivity index (χ1v) is 7.92. The molecule has 2 N–H and O–H groups in total. The summed E-state index contributed by atoms with van der Waals surface area (Å²) in [5.74, 6) is 1.60. The number of nitrogens with zero attached hydrogens (tertiary/aromatic N) is 1. The number of nitrogen functional groups attached to an aromatic ring is 1. The Hall–Kier alpha value is -1.49. The van der Waals surface area contributed by atoms with Gasteiger partial charge in [-0.2, -0.15) is 5.26 Å². The van der Waals surface area contributed by atoms with Crippen LogP contribution in [0.3, 0.4) is 0 Å². The van der Waals surface area contributed by atoms with E-state index in [1.807, 2.05) is 6.07 Å². The van der Waals surface area contributed by atoms with Gasteiger partial charge >= 0.3 is 0 Å². The van der Waals surface area contributed by atoms with Gasteiger partial charge in [-0.15, -0.1) is 0 Å². The van der Waals surface area contributed by atoms with Gasteiger partial charge in [0.05, 0.1) is 6.07 Å². The number of nitriles is 1. The van der Waals surface area contributed by atoms with Crippen molar-refractivity contribution in [2.75, 3.05) is 5.73 Å². The lowest BCUT2D eigenvalue weighted by atomic mass is 9.77. The van der Waals surface area contributed by atoms with Crippen LogP contribution in [-0.2, 0) is 6.42 Å². The minimum absolute atomic E-state index is 0.276. The Morgan fingerprint density at radius 1 is 1.30 bits per heavy atom. The normalized spacial score (nSPS) is 24.1. The highest BCUT2D eigenvalue weighted by Crippen LogP contribution is 2.38. The summed E-state index contributed by atoms with van der Waals surface area (Å²) in [5.41, 5.74) is 9.76. The molecule has 108 valence electrons. The first-order valence-electron chi connectivity index (χ1n) is 7.92. The van der Waals surface area contributed by atoms with Crippen LogP contribution in [0.2, 0.25) is 0 Å². The highest BCUT2D eigenvalue weighted by atomic mass is 14.5. The van der Waals surface area contributed by atoms with Gasteiger partial charge in [-0.1, -0.05) is 26.3 Å². The van der Waals surface area contributed by atoms with Gasteiger partial charge in [-0.25, -0.2) is 0 Å². The number of hydrogen-bond acceptors (Lipinski definition) is 2. The molecule has 0 aromatic heterocycles. The predicted molar refractivity (Wildman–Crippen MR) is 84.3 cm³/mol. The first-order chi connectivity index (χ1) is 9.63. The van der Waals surface area contributed by atoms with Gasteiger partial charge in [0.2, 0.25) is 0 Å². The molecule has 2 rings (SSSR count). The number of nitrogens with two attached hydrogens (primary N) is 1. The van der Waals surface area contributed by atoms with Crippen LogP contribution in [0.4, 0.5) is 5.69 Å². The van der Waals surface area contributed by atoms with E-state index in [9.17, 15) is 0 Å². The van der Waals surface area contributed by atoms with E-state index in [1.54, 1.807) is 0 Å². The van der Waals surface area contributed by atoms with Crippen LogP contribution in [0.1, 0.15) is 63.0 Å². The standard InChI is InChI=1S/C18H26N2/c1-3-13(2)10-16-11-17(20)8-9-18(16)15-6-4-14(12-19)5-7-15/h8-9,11,13-15H,3-7,10,20H2,1-2H3. The van der Waals surface area contributed by atoms with E-state index in [0.717, 1.165) is 37.8 Å². The van der Waals surface area contributed by atoms with Crippen LogP contribution in [0, 0.1) is 23.2 Å². The van der Waals surface area contributed by atoms with Crippen molar-refractivity contribution in [3.8, 4) is 6.07 Å². The maximum absolute atomic E-state index is 9.02. The third-order valence-electron chi connectivity index (χ3n) is 4.78. The highest BCUT2D eigenvalue weighted by Gasteiger charge is 2.24. The molecule has 1 unspecified atom stereocenters. The van der Waals surface area contributed by atoms with E-state index in [-0.39, 0.29) is 5.92 Å². The molecule has 1 aromatic rings. The van der Waals surface area contributed by atoms with Gasteiger partial charge < -0.3 is 5.73 Å². The third-order valence-corrected chi connectivity index (χ3v) is 4.78. The average Bonchev–Trinajstić information content (AvgIpc) is 2.47. The highest BCUT2D eigenvalue weighted by molar-refractivity contribution is 5.46. The van der Waals surface area contributed by atoms with Gasteiger partial charge in [0, 0.05) is 11.6 Å². The van der Waals surface area contributed by atoms with Gasteiger partial charge in [0.15, 0.2) is 0 Å². The van der Waals surface area contributed by atoms with Crippen LogP contribution in [0.15, 0.2) is 18.2 Å². The molecular formula is C18H26N2. The van der Waals surface area contributed by atoms with E-state index in [2.05, 4.69) is 32.0 Å². The second-order valence-corrected chi connectivity index (χ2v) is 6.35. The molecule has 0 bridgehead atoms. The van der Waals surface area contributed by atoms with Crippen molar-refractivity contribution in [2.45, 2.75) is 58.3 Å². The molecule has 0 heterocycles. The molecular weight excluding hydrogens is 244 g/mol. The molecule has 1 atom stereocenters.